The van der Waals surface area contributed by atoms with Crippen molar-refractivity contribution in [1.82, 2.24) is 0 Å². The zero-order chi connectivity index (χ0) is 15.4. The van der Waals surface area contributed by atoms with Gasteiger partial charge in [0.25, 0.3) is 0 Å². The standard InChI is InChI=1S/C19H22N2O/c20-11-2-5-15-3-1-4-16(13-15)6-9-19(22)10-7-18-17(14-19)8-12-21-18/h1,3-4,7-8,10,12-14,22H,2,5-6,9,11,20H2. The van der Waals surface area contributed by atoms with Crippen LogP contribution in [0.4, 0.5) is 0 Å². The topological polar surface area (TPSA) is 58.6 Å². The van der Waals surface area contributed by atoms with Crippen molar-refractivity contribution in [3.63, 3.8) is 0 Å². The summed E-state index contributed by atoms with van der Waals surface area (Å²) in [5.74, 6) is 0. The smallest absolute Gasteiger partial charge is 0.102 e. The maximum Gasteiger partial charge on any atom is 0.102 e. The summed E-state index contributed by atoms with van der Waals surface area (Å²) >= 11 is 0. The third-order valence-electron chi connectivity index (χ3n) is 4.17. The molecule has 1 aromatic carbocycles. The van der Waals surface area contributed by atoms with Crippen LogP contribution in [0.3, 0.4) is 0 Å². The fourth-order valence-electron chi connectivity index (χ4n) is 2.91. The quantitative estimate of drug-likeness (QED) is 0.847. The molecule has 3 nitrogen and oxygen atoms in total. The van der Waals surface area contributed by atoms with Crippen LogP contribution in [0.25, 0.3) is 0 Å². The molecule has 22 heavy (non-hydrogen) atoms. The summed E-state index contributed by atoms with van der Waals surface area (Å²) in [7, 11) is 0. The molecule has 1 atom stereocenters. The van der Waals surface area contributed by atoms with Gasteiger partial charge in [-0.3, -0.25) is 4.99 Å². The van der Waals surface area contributed by atoms with Crippen LogP contribution >= 0.6 is 0 Å². The normalized spacial score (nSPS) is 22.5. The molecule has 1 unspecified atom stereocenters. The van der Waals surface area contributed by atoms with E-state index in [4.69, 9.17) is 5.73 Å². The minimum Gasteiger partial charge on any atom is -0.382 e. The highest BCUT2D eigenvalue weighted by molar-refractivity contribution is 6.13. The Hall–Kier alpha value is -1.97. The lowest BCUT2D eigenvalue weighted by Gasteiger charge is -2.24. The summed E-state index contributed by atoms with van der Waals surface area (Å²) in [6.07, 6.45) is 12.9. The van der Waals surface area contributed by atoms with Gasteiger partial charge in [-0.2, -0.15) is 0 Å². The minimum absolute atomic E-state index is 0.675. The number of fused-ring (bicyclic) bond motifs is 1. The highest BCUT2D eigenvalue weighted by atomic mass is 16.3. The van der Waals surface area contributed by atoms with Gasteiger partial charge in [-0.1, -0.05) is 24.3 Å². The molecule has 1 aliphatic carbocycles. The molecule has 1 heterocycles. The van der Waals surface area contributed by atoms with Gasteiger partial charge in [0.05, 0.1) is 5.71 Å². The lowest BCUT2D eigenvalue weighted by Crippen LogP contribution is -2.27. The number of nitrogens with two attached hydrogens (primary N) is 1. The Morgan fingerprint density at radius 2 is 1.95 bits per heavy atom. The molecule has 3 heteroatoms. The van der Waals surface area contributed by atoms with E-state index in [0.717, 1.165) is 37.1 Å². The Morgan fingerprint density at radius 3 is 2.77 bits per heavy atom. The largest absolute Gasteiger partial charge is 0.382 e. The van der Waals surface area contributed by atoms with E-state index < -0.39 is 5.60 Å². The number of benzene rings is 1. The molecule has 0 radical (unpaired) electrons. The van der Waals surface area contributed by atoms with Crippen molar-refractivity contribution in [3.05, 3.63) is 71.5 Å². The maximum absolute atomic E-state index is 10.7. The number of aryl methyl sites for hydroxylation is 2. The monoisotopic (exact) mass is 294 g/mol. The zero-order valence-electron chi connectivity index (χ0n) is 12.7. The predicted molar refractivity (Wildman–Crippen MR) is 90.9 cm³/mol. The third kappa shape index (κ3) is 3.43. The Kier molecular flexibility index (Phi) is 4.36. The van der Waals surface area contributed by atoms with Crippen LogP contribution in [0.5, 0.6) is 0 Å². The first-order chi connectivity index (χ1) is 10.7. The molecule has 0 saturated heterocycles. The maximum atomic E-state index is 10.7. The van der Waals surface area contributed by atoms with Crippen LogP contribution in [-0.2, 0) is 12.8 Å². The van der Waals surface area contributed by atoms with Crippen LogP contribution in [0.2, 0.25) is 0 Å². The van der Waals surface area contributed by atoms with Crippen molar-refractivity contribution < 1.29 is 5.11 Å². The van der Waals surface area contributed by atoms with Crippen molar-refractivity contribution >= 4 is 5.71 Å². The molecular weight excluding hydrogens is 272 g/mol. The number of allylic oxidation sites excluding steroid dienone is 3. The SMILES string of the molecule is NCCCc1cccc(CCC2(O)C=CC3=NC=CC3=C2)c1. The second-order valence-corrected chi connectivity index (χ2v) is 5.97. The Bertz CT molecular complexity index is 670. The van der Waals surface area contributed by atoms with Crippen molar-refractivity contribution in [1.29, 1.82) is 0 Å². The highest BCUT2D eigenvalue weighted by Gasteiger charge is 2.26. The van der Waals surface area contributed by atoms with Crippen LogP contribution in [0.1, 0.15) is 24.0 Å². The number of rotatable bonds is 6. The first-order valence-electron chi connectivity index (χ1n) is 7.86. The molecule has 2 aliphatic rings. The average molecular weight is 294 g/mol. The molecule has 1 aliphatic heterocycles. The van der Waals surface area contributed by atoms with Crippen LogP contribution in [-0.4, -0.2) is 23.0 Å². The molecule has 3 N–H and O–H groups in total. The average Bonchev–Trinajstić information content (AvgIpc) is 2.98. The van der Waals surface area contributed by atoms with Crippen LogP contribution in [0, 0.1) is 0 Å². The first-order valence-corrected chi connectivity index (χ1v) is 7.86. The van der Waals surface area contributed by atoms with Gasteiger partial charge in [0, 0.05) is 11.8 Å². The fraction of sp³-hybridized carbons (Fsp3) is 0.316. The van der Waals surface area contributed by atoms with E-state index in [9.17, 15) is 5.11 Å². The summed E-state index contributed by atoms with van der Waals surface area (Å²) in [6.45, 7) is 0.722. The summed E-state index contributed by atoms with van der Waals surface area (Å²) in [6, 6.07) is 8.58. The number of aliphatic hydroxyl groups is 1. The highest BCUT2D eigenvalue weighted by Crippen LogP contribution is 2.27. The van der Waals surface area contributed by atoms with E-state index in [1.54, 1.807) is 6.20 Å². The minimum atomic E-state index is -0.879. The summed E-state index contributed by atoms with van der Waals surface area (Å²) in [4.78, 5) is 4.24. The Labute approximate surface area is 131 Å². The molecular formula is C19H22N2O. The molecule has 0 saturated carbocycles. The van der Waals surface area contributed by atoms with Crippen molar-refractivity contribution in [2.75, 3.05) is 6.54 Å². The van der Waals surface area contributed by atoms with E-state index in [0.29, 0.717) is 6.42 Å². The zero-order valence-corrected chi connectivity index (χ0v) is 12.7. The summed E-state index contributed by atoms with van der Waals surface area (Å²) in [5.41, 5.74) is 9.22. The Balaban J connectivity index is 1.65. The molecule has 114 valence electrons. The van der Waals surface area contributed by atoms with Gasteiger partial charge in [0.2, 0.25) is 0 Å². The van der Waals surface area contributed by atoms with E-state index in [2.05, 4.69) is 29.3 Å². The van der Waals surface area contributed by atoms with E-state index in [1.807, 2.05) is 24.3 Å². The molecule has 0 bridgehead atoms. The second-order valence-electron chi connectivity index (χ2n) is 5.97. The molecule has 3 rings (SSSR count). The number of nitrogens with zero attached hydrogens (tertiary/aromatic N) is 1. The third-order valence-corrected chi connectivity index (χ3v) is 4.17. The molecule has 0 amide bonds. The summed E-state index contributed by atoms with van der Waals surface area (Å²) in [5, 5.41) is 10.7. The van der Waals surface area contributed by atoms with Crippen molar-refractivity contribution in [2.24, 2.45) is 10.7 Å². The number of aliphatic imine (C=N–C) groups is 1. The molecule has 0 aromatic heterocycles. The Morgan fingerprint density at radius 1 is 1.14 bits per heavy atom. The van der Waals surface area contributed by atoms with Gasteiger partial charge in [-0.05, 0) is 67.7 Å². The molecule has 0 fully saturated rings. The predicted octanol–water partition coefficient (Wildman–Crippen LogP) is 2.71. The number of hydrogen-bond acceptors (Lipinski definition) is 3. The van der Waals surface area contributed by atoms with Crippen LogP contribution < -0.4 is 5.73 Å². The van der Waals surface area contributed by atoms with Gasteiger partial charge < -0.3 is 10.8 Å². The fourth-order valence-corrected chi connectivity index (χ4v) is 2.91. The molecule has 1 aromatic rings. The van der Waals surface area contributed by atoms with Gasteiger partial charge >= 0.3 is 0 Å². The number of hydrogen-bond donors (Lipinski definition) is 2. The van der Waals surface area contributed by atoms with Gasteiger partial charge in [0.1, 0.15) is 5.60 Å². The van der Waals surface area contributed by atoms with E-state index in [-0.39, 0.29) is 0 Å². The van der Waals surface area contributed by atoms with Gasteiger partial charge in [-0.15, -0.1) is 0 Å². The lowest BCUT2D eigenvalue weighted by molar-refractivity contribution is 0.132. The second kappa shape index (κ2) is 6.42. The van der Waals surface area contributed by atoms with E-state index in [1.165, 1.54) is 11.1 Å². The first kappa shape index (κ1) is 14.9. The lowest BCUT2D eigenvalue weighted by atomic mass is 9.87. The van der Waals surface area contributed by atoms with Crippen LogP contribution in [0.15, 0.2) is 65.3 Å². The molecule has 0 spiro atoms. The van der Waals surface area contributed by atoms with E-state index >= 15 is 0 Å². The van der Waals surface area contributed by atoms with Crippen molar-refractivity contribution in [3.8, 4) is 0 Å². The summed E-state index contributed by atoms with van der Waals surface area (Å²) < 4.78 is 0. The van der Waals surface area contributed by atoms with Gasteiger partial charge in [-0.25, -0.2) is 0 Å². The van der Waals surface area contributed by atoms with Crippen molar-refractivity contribution in [2.45, 2.75) is 31.3 Å². The van der Waals surface area contributed by atoms with Gasteiger partial charge in [0.15, 0.2) is 0 Å².